The normalized spacial score (nSPS) is 13.3. The molecule has 3 aromatic rings. The highest BCUT2D eigenvalue weighted by Gasteiger charge is 2.22. The molecule has 0 aliphatic heterocycles. The number of aryl methyl sites for hydroxylation is 4. The van der Waals surface area contributed by atoms with Gasteiger partial charge in [-0.15, -0.1) is 11.3 Å². The molecule has 1 aliphatic carbocycles. The summed E-state index contributed by atoms with van der Waals surface area (Å²) in [5.74, 6) is 1.50. The Kier molecular flexibility index (Phi) is 5.43. The summed E-state index contributed by atoms with van der Waals surface area (Å²) in [6.45, 7) is 8.27. The number of carbonyl (C=O) groups is 1. The van der Waals surface area contributed by atoms with Gasteiger partial charge in [-0.25, -0.2) is 9.97 Å². The number of anilines is 1. The molecule has 146 valence electrons. The van der Waals surface area contributed by atoms with E-state index in [1.807, 2.05) is 26.0 Å². The van der Waals surface area contributed by atoms with Gasteiger partial charge < -0.3 is 5.32 Å². The summed E-state index contributed by atoms with van der Waals surface area (Å²) in [6.07, 6.45) is 3.45. The SMILES string of the molecule is Cc1nc(SCC(=O)Nc2c(C)cccc2C(C)C)c2c3c(sc2n1)CCC3. The molecule has 0 radical (unpaired) electrons. The molecule has 0 saturated carbocycles. The van der Waals surface area contributed by atoms with Gasteiger partial charge in [-0.2, -0.15) is 0 Å². The number of thiophene rings is 1. The molecule has 0 spiro atoms. The minimum atomic E-state index is 0.0116. The summed E-state index contributed by atoms with van der Waals surface area (Å²) in [4.78, 5) is 24.6. The Morgan fingerprint density at radius 2 is 2.07 bits per heavy atom. The summed E-state index contributed by atoms with van der Waals surface area (Å²) >= 11 is 3.32. The number of aromatic nitrogens is 2. The number of carbonyl (C=O) groups excluding carboxylic acids is 1. The van der Waals surface area contributed by atoms with Crippen LogP contribution in [0.4, 0.5) is 5.69 Å². The second-order valence-corrected chi connectivity index (χ2v) is 9.69. The number of amides is 1. The van der Waals surface area contributed by atoms with E-state index in [-0.39, 0.29) is 5.91 Å². The van der Waals surface area contributed by atoms with E-state index in [1.165, 1.54) is 39.6 Å². The number of thioether (sulfide) groups is 1. The highest BCUT2D eigenvalue weighted by Crippen LogP contribution is 2.40. The lowest BCUT2D eigenvalue weighted by atomic mass is 9.98. The number of hydrogen-bond donors (Lipinski definition) is 1. The van der Waals surface area contributed by atoms with E-state index in [0.29, 0.717) is 11.7 Å². The highest BCUT2D eigenvalue weighted by atomic mass is 32.2. The predicted molar refractivity (Wildman–Crippen MR) is 119 cm³/mol. The van der Waals surface area contributed by atoms with Gasteiger partial charge in [0.2, 0.25) is 5.91 Å². The first-order valence-corrected chi connectivity index (χ1v) is 11.5. The van der Waals surface area contributed by atoms with Crippen LogP contribution in [0.2, 0.25) is 0 Å². The first-order chi connectivity index (χ1) is 13.4. The minimum Gasteiger partial charge on any atom is -0.325 e. The molecule has 1 amide bonds. The van der Waals surface area contributed by atoms with Crippen LogP contribution in [0.3, 0.4) is 0 Å². The molecule has 2 aromatic heterocycles. The molecule has 2 heterocycles. The lowest BCUT2D eigenvalue weighted by Gasteiger charge is -2.16. The molecule has 4 rings (SSSR count). The summed E-state index contributed by atoms with van der Waals surface area (Å²) in [6, 6.07) is 6.18. The zero-order valence-corrected chi connectivity index (χ0v) is 18.4. The molecule has 1 aromatic carbocycles. The number of benzene rings is 1. The number of fused-ring (bicyclic) bond motifs is 3. The Morgan fingerprint density at radius 3 is 2.86 bits per heavy atom. The van der Waals surface area contributed by atoms with Crippen molar-refractivity contribution in [3.05, 3.63) is 45.6 Å². The van der Waals surface area contributed by atoms with E-state index in [9.17, 15) is 4.79 Å². The third-order valence-electron chi connectivity index (χ3n) is 5.17. The average molecular weight is 412 g/mol. The van der Waals surface area contributed by atoms with Gasteiger partial charge in [0.25, 0.3) is 0 Å². The Morgan fingerprint density at radius 1 is 1.25 bits per heavy atom. The minimum absolute atomic E-state index is 0.0116. The molecule has 0 saturated heterocycles. The third kappa shape index (κ3) is 3.67. The van der Waals surface area contributed by atoms with Gasteiger partial charge in [-0.05, 0) is 55.7 Å². The third-order valence-corrected chi connectivity index (χ3v) is 7.34. The molecule has 6 heteroatoms. The van der Waals surface area contributed by atoms with Crippen LogP contribution in [-0.4, -0.2) is 21.6 Å². The molecule has 1 N–H and O–H groups in total. The van der Waals surface area contributed by atoms with Crippen molar-refractivity contribution in [2.45, 2.75) is 57.9 Å². The van der Waals surface area contributed by atoms with Crippen LogP contribution in [0.1, 0.15) is 53.6 Å². The van der Waals surface area contributed by atoms with Crippen LogP contribution in [0.15, 0.2) is 23.2 Å². The molecule has 1 aliphatic rings. The highest BCUT2D eigenvalue weighted by molar-refractivity contribution is 8.00. The van der Waals surface area contributed by atoms with Crippen molar-refractivity contribution < 1.29 is 4.79 Å². The first kappa shape index (κ1) is 19.4. The zero-order valence-electron chi connectivity index (χ0n) is 16.8. The molecule has 0 fully saturated rings. The van der Waals surface area contributed by atoms with Crippen molar-refractivity contribution >= 4 is 44.9 Å². The van der Waals surface area contributed by atoms with Gasteiger partial charge in [0.15, 0.2) is 0 Å². The molecule has 0 bridgehead atoms. The van der Waals surface area contributed by atoms with Crippen molar-refractivity contribution in [1.82, 2.24) is 9.97 Å². The van der Waals surface area contributed by atoms with Crippen LogP contribution < -0.4 is 5.32 Å². The molecule has 28 heavy (non-hydrogen) atoms. The summed E-state index contributed by atoms with van der Waals surface area (Å²) in [5, 5.41) is 5.27. The quantitative estimate of drug-likeness (QED) is 0.435. The second-order valence-electron chi connectivity index (χ2n) is 7.64. The van der Waals surface area contributed by atoms with Crippen LogP contribution >= 0.6 is 23.1 Å². The fourth-order valence-electron chi connectivity index (χ4n) is 3.82. The van der Waals surface area contributed by atoms with Crippen LogP contribution in [-0.2, 0) is 17.6 Å². The zero-order chi connectivity index (χ0) is 19.8. The van der Waals surface area contributed by atoms with Gasteiger partial charge >= 0.3 is 0 Å². The largest absolute Gasteiger partial charge is 0.325 e. The topological polar surface area (TPSA) is 54.9 Å². The number of rotatable bonds is 5. The van der Waals surface area contributed by atoms with E-state index in [0.717, 1.165) is 39.8 Å². The smallest absolute Gasteiger partial charge is 0.234 e. The summed E-state index contributed by atoms with van der Waals surface area (Å²) in [5.41, 5.74) is 4.63. The van der Waals surface area contributed by atoms with Crippen LogP contribution in [0, 0.1) is 13.8 Å². The van der Waals surface area contributed by atoms with Crippen LogP contribution in [0.5, 0.6) is 0 Å². The summed E-state index contributed by atoms with van der Waals surface area (Å²) in [7, 11) is 0. The van der Waals surface area contributed by atoms with E-state index in [2.05, 4.69) is 35.2 Å². The Hall–Kier alpha value is -1.92. The Labute approximate surface area is 174 Å². The maximum atomic E-state index is 12.7. The second kappa shape index (κ2) is 7.84. The Balaban J connectivity index is 1.55. The fraction of sp³-hybridized carbons (Fsp3) is 0.409. The van der Waals surface area contributed by atoms with Gasteiger partial charge in [0.1, 0.15) is 15.7 Å². The average Bonchev–Trinajstić information content (AvgIpc) is 3.21. The molecular formula is C22H25N3OS2. The van der Waals surface area contributed by atoms with Crippen molar-refractivity contribution in [3.8, 4) is 0 Å². The van der Waals surface area contributed by atoms with Crippen LogP contribution in [0.25, 0.3) is 10.2 Å². The van der Waals surface area contributed by atoms with Gasteiger partial charge in [-0.1, -0.05) is 43.8 Å². The van der Waals surface area contributed by atoms with E-state index in [4.69, 9.17) is 0 Å². The molecule has 0 atom stereocenters. The lowest BCUT2D eigenvalue weighted by Crippen LogP contribution is -2.16. The fourth-order valence-corrected chi connectivity index (χ4v) is 6.09. The van der Waals surface area contributed by atoms with Gasteiger partial charge in [0.05, 0.1) is 5.75 Å². The molecule has 0 unspecified atom stereocenters. The van der Waals surface area contributed by atoms with Gasteiger partial charge in [-0.3, -0.25) is 4.79 Å². The first-order valence-electron chi connectivity index (χ1n) is 9.75. The van der Waals surface area contributed by atoms with Crippen molar-refractivity contribution in [2.75, 3.05) is 11.1 Å². The van der Waals surface area contributed by atoms with Crippen molar-refractivity contribution in [1.29, 1.82) is 0 Å². The summed E-state index contributed by atoms with van der Waals surface area (Å²) < 4.78 is 0. The Bertz CT molecular complexity index is 1060. The maximum absolute atomic E-state index is 12.7. The number of para-hydroxylation sites is 1. The van der Waals surface area contributed by atoms with Crippen molar-refractivity contribution in [2.24, 2.45) is 0 Å². The predicted octanol–water partition coefficient (Wildman–Crippen LogP) is 5.65. The van der Waals surface area contributed by atoms with E-state index in [1.54, 1.807) is 11.3 Å². The standard InChI is InChI=1S/C22H25N3OS2/c1-12(2)15-8-5-7-13(3)20(15)25-18(26)11-27-21-19-16-9-6-10-17(16)28-22(19)24-14(4)23-21/h5,7-8,12H,6,9-11H2,1-4H3,(H,25,26). The van der Waals surface area contributed by atoms with E-state index < -0.39 is 0 Å². The monoisotopic (exact) mass is 411 g/mol. The van der Waals surface area contributed by atoms with Crippen molar-refractivity contribution in [3.63, 3.8) is 0 Å². The molecular weight excluding hydrogens is 386 g/mol. The lowest BCUT2D eigenvalue weighted by molar-refractivity contribution is -0.113. The number of hydrogen-bond acceptors (Lipinski definition) is 5. The van der Waals surface area contributed by atoms with Gasteiger partial charge in [0, 0.05) is 16.0 Å². The number of nitrogens with zero attached hydrogens (tertiary/aromatic N) is 2. The number of nitrogens with one attached hydrogen (secondary N) is 1. The molecule has 4 nitrogen and oxygen atoms in total. The van der Waals surface area contributed by atoms with E-state index >= 15 is 0 Å². The maximum Gasteiger partial charge on any atom is 0.234 e.